The summed E-state index contributed by atoms with van der Waals surface area (Å²) in [6, 6.07) is 10.1. The Hall–Kier alpha value is -1.84. The van der Waals surface area contributed by atoms with Crippen LogP contribution >= 0.6 is 0 Å². The molecule has 0 bridgehead atoms. The lowest BCUT2D eigenvalue weighted by atomic mass is 9.64. The summed E-state index contributed by atoms with van der Waals surface area (Å²) in [5.74, 6) is -0.783. The van der Waals surface area contributed by atoms with E-state index in [4.69, 9.17) is 5.11 Å². The lowest BCUT2D eigenvalue weighted by Gasteiger charge is -2.40. The number of rotatable bonds is 7. The molecular weight excluding hydrogens is 266 g/mol. The number of hydrogen-bond acceptors (Lipinski definition) is 2. The van der Waals surface area contributed by atoms with Gasteiger partial charge in [-0.15, -0.1) is 0 Å². The molecule has 1 aliphatic rings. The average molecular weight is 289 g/mol. The highest BCUT2D eigenvalue weighted by atomic mass is 16.4. The minimum absolute atomic E-state index is 0.0414. The van der Waals surface area contributed by atoms with Crippen molar-refractivity contribution in [2.45, 2.75) is 39.0 Å². The van der Waals surface area contributed by atoms with E-state index in [0.29, 0.717) is 6.54 Å². The van der Waals surface area contributed by atoms with Gasteiger partial charge in [0.15, 0.2) is 0 Å². The normalized spacial score (nSPS) is 17.6. The second-order valence-corrected chi connectivity index (χ2v) is 6.21. The van der Waals surface area contributed by atoms with Gasteiger partial charge in [-0.05, 0) is 30.7 Å². The van der Waals surface area contributed by atoms with Crippen LogP contribution in [0, 0.1) is 11.3 Å². The number of amides is 1. The molecule has 1 amide bonds. The van der Waals surface area contributed by atoms with Gasteiger partial charge in [-0.1, -0.05) is 43.7 Å². The molecule has 0 heterocycles. The lowest BCUT2D eigenvalue weighted by molar-refractivity contribution is -0.139. The quantitative estimate of drug-likeness (QED) is 0.811. The summed E-state index contributed by atoms with van der Waals surface area (Å²) < 4.78 is 0. The fourth-order valence-corrected chi connectivity index (χ4v) is 2.90. The van der Waals surface area contributed by atoms with E-state index < -0.39 is 5.97 Å². The first-order valence-corrected chi connectivity index (χ1v) is 7.56. The monoisotopic (exact) mass is 289 g/mol. The smallest absolute Gasteiger partial charge is 0.303 e. The van der Waals surface area contributed by atoms with Crippen molar-refractivity contribution in [3.63, 3.8) is 0 Å². The van der Waals surface area contributed by atoms with Gasteiger partial charge in [0.1, 0.15) is 0 Å². The van der Waals surface area contributed by atoms with Crippen molar-refractivity contribution in [3.05, 3.63) is 35.9 Å². The molecule has 0 aromatic heterocycles. The summed E-state index contributed by atoms with van der Waals surface area (Å²) in [4.78, 5) is 23.1. The van der Waals surface area contributed by atoms with Crippen LogP contribution in [0.4, 0.5) is 0 Å². The predicted molar refractivity (Wildman–Crippen MR) is 80.9 cm³/mol. The van der Waals surface area contributed by atoms with Gasteiger partial charge >= 0.3 is 5.97 Å². The highest BCUT2D eigenvalue weighted by Gasteiger charge is 2.43. The van der Waals surface area contributed by atoms with Crippen molar-refractivity contribution < 1.29 is 14.7 Å². The van der Waals surface area contributed by atoms with Crippen LogP contribution in [0.3, 0.4) is 0 Å². The van der Waals surface area contributed by atoms with Gasteiger partial charge in [-0.3, -0.25) is 9.59 Å². The standard InChI is InChI=1S/C17H23NO3/c1-13(10-15(19)20)12-18-16(21)17(8-5-9-17)11-14-6-3-2-4-7-14/h2-4,6-7,13H,5,8-12H2,1H3,(H,18,21)(H,19,20). The van der Waals surface area contributed by atoms with E-state index in [1.165, 1.54) is 5.56 Å². The van der Waals surface area contributed by atoms with Crippen molar-refractivity contribution in [1.29, 1.82) is 0 Å². The Morgan fingerprint density at radius 1 is 1.29 bits per heavy atom. The van der Waals surface area contributed by atoms with E-state index in [2.05, 4.69) is 17.4 Å². The molecule has 1 aliphatic carbocycles. The van der Waals surface area contributed by atoms with Crippen LogP contribution in [0.1, 0.15) is 38.2 Å². The minimum atomic E-state index is -0.820. The summed E-state index contributed by atoms with van der Waals surface area (Å²) in [7, 11) is 0. The molecule has 1 atom stereocenters. The molecule has 1 aromatic carbocycles. The lowest BCUT2D eigenvalue weighted by Crippen LogP contribution is -2.48. The first kappa shape index (κ1) is 15.5. The Labute approximate surface area is 125 Å². The number of hydrogen-bond donors (Lipinski definition) is 2. The zero-order valence-electron chi connectivity index (χ0n) is 12.5. The van der Waals surface area contributed by atoms with E-state index in [1.54, 1.807) is 0 Å². The second-order valence-electron chi connectivity index (χ2n) is 6.21. The van der Waals surface area contributed by atoms with E-state index in [0.717, 1.165) is 25.7 Å². The minimum Gasteiger partial charge on any atom is -0.481 e. The number of nitrogens with one attached hydrogen (secondary N) is 1. The van der Waals surface area contributed by atoms with Crippen LogP contribution in [0.25, 0.3) is 0 Å². The summed E-state index contributed by atoms with van der Waals surface area (Å²) in [6.45, 7) is 2.28. The van der Waals surface area contributed by atoms with E-state index in [9.17, 15) is 9.59 Å². The molecule has 2 rings (SSSR count). The van der Waals surface area contributed by atoms with E-state index in [1.807, 2.05) is 25.1 Å². The number of aliphatic carboxylic acids is 1. The summed E-state index contributed by atoms with van der Waals surface area (Å²) in [5, 5.41) is 11.7. The molecule has 0 saturated heterocycles. The Morgan fingerprint density at radius 3 is 2.48 bits per heavy atom. The predicted octanol–water partition coefficient (Wildman–Crippen LogP) is 2.63. The summed E-state index contributed by atoms with van der Waals surface area (Å²) in [6.07, 6.45) is 3.78. The van der Waals surface area contributed by atoms with E-state index >= 15 is 0 Å². The van der Waals surface area contributed by atoms with Crippen molar-refractivity contribution in [1.82, 2.24) is 5.32 Å². The van der Waals surface area contributed by atoms with Crippen molar-refractivity contribution in [2.75, 3.05) is 6.54 Å². The molecule has 1 saturated carbocycles. The largest absolute Gasteiger partial charge is 0.481 e. The van der Waals surface area contributed by atoms with Crippen LogP contribution in [0.5, 0.6) is 0 Å². The van der Waals surface area contributed by atoms with Gasteiger partial charge in [-0.25, -0.2) is 0 Å². The van der Waals surface area contributed by atoms with Gasteiger partial charge in [0.05, 0.1) is 5.41 Å². The van der Waals surface area contributed by atoms with Gasteiger partial charge in [0.2, 0.25) is 5.91 Å². The molecule has 0 radical (unpaired) electrons. The summed E-state index contributed by atoms with van der Waals surface area (Å²) >= 11 is 0. The molecule has 1 aromatic rings. The zero-order valence-corrected chi connectivity index (χ0v) is 12.5. The Kier molecular flexibility index (Phi) is 4.99. The SMILES string of the molecule is CC(CNC(=O)C1(Cc2ccccc2)CCC1)CC(=O)O. The number of carbonyl (C=O) groups excluding carboxylic acids is 1. The Bertz CT molecular complexity index is 494. The maximum atomic E-state index is 12.5. The fourth-order valence-electron chi connectivity index (χ4n) is 2.90. The third-order valence-electron chi connectivity index (χ3n) is 4.31. The molecule has 2 N–H and O–H groups in total. The molecule has 4 nitrogen and oxygen atoms in total. The molecule has 4 heteroatoms. The van der Waals surface area contributed by atoms with Crippen molar-refractivity contribution in [2.24, 2.45) is 11.3 Å². The van der Waals surface area contributed by atoms with Crippen LogP contribution in [0.2, 0.25) is 0 Å². The van der Waals surface area contributed by atoms with Gasteiger partial charge < -0.3 is 10.4 Å². The maximum Gasteiger partial charge on any atom is 0.303 e. The topological polar surface area (TPSA) is 66.4 Å². The molecule has 21 heavy (non-hydrogen) atoms. The van der Waals surface area contributed by atoms with Crippen LogP contribution in [-0.2, 0) is 16.0 Å². The third kappa shape index (κ3) is 4.06. The fraction of sp³-hybridized carbons (Fsp3) is 0.529. The van der Waals surface area contributed by atoms with Crippen molar-refractivity contribution >= 4 is 11.9 Å². The number of carboxylic acid groups (broad SMARTS) is 1. The second kappa shape index (κ2) is 6.74. The highest BCUT2D eigenvalue weighted by Crippen LogP contribution is 2.44. The van der Waals surface area contributed by atoms with Gasteiger partial charge in [-0.2, -0.15) is 0 Å². The Morgan fingerprint density at radius 2 is 1.95 bits per heavy atom. The Balaban J connectivity index is 1.91. The summed E-state index contributed by atoms with van der Waals surface area (Å²) in [5.41, 5.74) is 0.899. The van der Waals surface area contributed by atoms with Crippen LogP contribution in [-0.4, -0.2) is 23.5 Å². The first-order chi connectivity index (χ1) is 10.0. The number of carbonyl (C=O) groups is 2. The highest BCUT2D eigenvalue weighted by molar-refractivity contribution is 5.84. The van der Waals surface area contributed by atoms with Gasteiger partial charge in [0.25, 0.3) is 0 Å². The molecule has 0 aliphatic heterocycles. The molecular formula is C17H23NO3. The molecule has 1 fully saturated rings. The average Bonchev–Trinajstić information content (AvgIpc) is 2.40. The van der Waals surface area contributed by atoms with E-state index in [-0.39, 0.29) is 23.7 Å². The molecule has 0 spiro atoms. The van der Waals surface area contributed by atoms with Crippen LogP contribution in [0.15, 0.2) is 30.3 Å². The number of benzene rings is 1. The molecule has 1 unspecified atom stereocenters. The third-order valence-corrected chi connectivity index (χ3v) is 4.31. The van der Waals surface area contributed by atoms with Crippen molar-refractivity contribution in [3.8, 4) is 0 Å². The first-order valence-electron chi connectivity index (χ1n) is 7.56. The maximum absolute atomic E-state index is 12.5. The van der Waals surface area contributed by atoms with Crippen LogP contribution < -0.4 is 5.32 Å². The molecule has 114 valence electrons. The van der Waals surface area contributed by atoms with Gasteiger partial charge in [0, 0.05) is 13.0 Å². The zero-order chi connectivity index (χ0) is 15.3. The number of carboxylic acids is 1.